The van der Waals surface area contributed by atoms with Gasteiger partial charge in [-0.2, -0.15) is 0 Å². The molecule has 0 saturated carbocycles. The van der Waals surface area contributed by atoms with Crippen molar-refractivity contribution in [2.45, 2.75) is 13.5 Å². The van der Waals surface area contributed by atoms with Gasteiger partial charge in [0.15, 0.2) is 0 Å². The molecule has 1 heterocycles. The van der Waals surface area contributed by atoms with Gasteiger partial charge in [0.05, 0.1) is 6.54 Å². The van der Waals surface area contributed by atoms with E-state index in [1.165, 1.54) is 0 Å². The first-order chi connectivity index (χ1) is 7.59. The summed E-state index contributed by atoms with van der Waals surface area (Å²) in [6.45, 7) is 2.01. The minimum Gasteiger partial charge on any atom is -0.269 e. The summed E-state index contributed by atoms with van der Waals surface area (Å²) in [6.07, 6.45) is 0. The van der Waals surface area contributed by atoms with Gasteiger partial charge in [-0.25, -0.2) is 4.79 Å². The predicted molar refractivity (Wildman–Crippen MR) is 55.3 cm³/mol. The van der Waals surface area contributed by atoms with Crippen molar-refractivity contribution in [3.05, 3.63) is 35.4 Å². The lowest BCUT2D eigenvalue weighted by Gasteiger charge is -2.12. The Balaban J connectivity index is 2.23. The second-order valence-corrected chi connectivity index (χ2v) is 3.58. The van der Waals surface area contributed by atoms with Crippen molar-refractivity contribution in [1.82, 2.24) is 10.2 Å². The highest BCUT2D eigenvalue weighted by molar-refractivity contribution is 6.44. The summed E-state index contributed by atoms with van der Waals surface area (Å²) >= 11 is 0. The van der Waals surface area contributed by atoms with Crippen LogP contribution in [-0.4, -0.2) is 22.7 Å². The Hall–Kier alpha value is -2.17. The van der Waals surface area contributed by atoms with E-state index >= 15 is 0 Å². The van der Waals surface area contributed by atoms with Gasteiger partial charge in [0.25, 0.3) is 0 Å². The maximum Gasteiger partial charge on any atom is 0.331 e. The number of hydrogen-bond donors (Lipinski definition) is 1. The molecule has 5 heteroatoms. The van der Waals surface area contributed by atoms with Crippen LogP contribution in [0.4, 0.5) is 4.79 Å². The van der Waals surface area contributed by atoms with Crippen LogP contribution in [0.1, 0.15) is 11.1 Å². The van der Waals surface area contributed by atoms with Gasteiger partial charge in [0.2, 0.25) is 0 Å². The fraction of sp³-hybridized carbons (Fsp3) is 0.182. The van der Waals surface area contributed by atoms with E-state index in [9.17, 15) is 14.4 Å². The number of nitrogens with zero attached hydrogens (tertiary/aromatic N) is 1. The highest BCUT2D eigenvalue weighted by Gasteiger charge is 2.36. The van der Waals surface area contributed by atoms with Crippen molar-refractivity contribution < 1.29 is 14.4 Å². The molecular formula is C11H10N2O3. The number of rotatable bonds is 2. The molecule has 0 aliphatic carbocycles. The smallest absolute Gasteiger partial charge is 0.269 e. The second kappa shape index (κ2) is 3.77. The maximum absolute atomic E-state index is 11.3. The Morgan fingerprint density at radius 1 is 1.19 bits per heavy atom. The lowest BCUT2D eigenvalue weighted by molar-refractivity contribution is -0.140. The van der Waals surface area contributed by atoms with Crippen LogP contribution in [0.5, 0.6) is 0 Å². The van der Waals surface area contributed by atoms with Crippen LogP contribution in [0.3, 0.4) is 0 Å². The Kier molecular flexibility index (Phi) is 2.44. The van der Waals surface area contributed by atoms with Crippen molar-refractivity contribution in [2.24, 2.45) is 0 Å². The van der Waals surface area contributed by atoms with Gasteiger partial charge >= 0.3 is 17.8 Å². The minimum atomic E-state index is -0.862. The predicted octanol–water partition coefficient (Wildman–Crippen LogP) is 0.573. The van der Waals surface area contributed by atoms with E-state index < -0.39 is 17.8 Å². The summed E-state index contributed by atoms with van der Waals surface area (Å²) in [4.78, 5) is 34.5. The van der Waals surface area contributed by atoms with Gasteiger partial charge in [-0.1, -0.05) is 24.3 Å². The molecule has 1 saturated heterocycles. The average molecular weight is 218 g/mol. The number of nitrogens with one attached hydrogen (secondary N) is 1. The van der Waals surface area contributed by atoms with Gasteiger partial charge in [0, 0.05) is 0 Å². The van der Waals surface area contributed by atoms with Crippen molar-refractivity contribution in [1.29, 1.82) is 0 Å². The topological polar surface area (TPSA) is 66.5 Å². The largest absolute Gasteiger partial charge is 0.331 e. The summed E-state index contributed by atoms with van der Waals surface area (Å²) in [5.41, 5.74) is 1.82. The molecular weight excluding hydrogens is 208 g/mol. The molecule has 1 aliphatic rings. The third-order valence-corrected chi connectivity index (χ3v) is 2.49. The molecule has 0 radical (unpaired) electrons. The van der Waals surface area contributed by atoms with E-state index in [-0.39, 0.29) is 6.54 Å². The molecule has 4 amide bonds. The first kappa shape index (κ1) is 10.4. The average Bonchev–Trinajstić information content (AvgIpc) is 2.48. The first-order valence-electron chi connectivity index (χ1n) is 4.81. The highest BCUT2D eigenvalue weighted by atomic mass is 16.2. The molecule has 2 rings (SSSR count). The lowest BCUT2D eigenvalue weighted by Crippen LogP contribution is -2.30. The standard InChI is InChI=1S/C11H10N2O3/c1-7-4-2-3-5-8(7)6-13-10(15)9(14)12-11(13)16/h2-5H,6H2,1H3,(H,12,14,16). The quantitative estimate of drug-likeness (QED) is 0.583. The number of carbonyl (C=O) groups is 3. The zero-order chi connectivity index (χ0) is 11.7. The van der Waals surface area contributed by atoms with E-state index in [2.05, 4.69) is 0 Å². The van der Waals surface area contributed by atoms with Gasteiger partial charge in [0.1, 0.15) is 0 Å². The van der Waals surface area contributed by atoms with Crippen LogP contribution in [0, 0.1) is 6.92 Å². The lowest BCUT2D eigenvalue weighted by atomic mass is 10.1. The first-order valence-corrected chi connectivity index (χ1v) is 4.81. The molecule has 0 aromatic heterocycles. The molecule has 0 bridgehead atoms. The molecule has 5 nitrogen and oxygen atoms in total. The van der Waals surface area contributed by atoms with E-state index in [1.807, 2.05) is 36.5 Å². The fourth-order valence-corrected chi connectivity index (χ4v) is 1.53. The van der Waals surface area contributed by atoms with Gasteiger partial charge < -0.3 is 0 Å². The van der Waals surface area contributed by atoms with Crippen LogP contribution < -0.4 is 5.32 Å². The Morgan fingerprint density at radius 3 is 2.44 bits per heavy atom. The fourth-order valence-electron chi connectivity index (χ4n) is 1.53. The minimum absolute atomic E-state index is 0.128. The van der Waals surface area contributed by atoms with Gasteiger partial charge in [-0.3, -0.25) is 19.8 Å². The van der Waals surface area contributed by atoms with Crippen LogP contribution >= 0.6 is 0 Å². The monoisotopic (exact) mass is 218 g/mol. The Morgan fingerprint density at radius 2 is 1.88 bits per heavy atom. The van der Waals surface area contributed by atoms with E-state index in [0.29, 0.717) is 0 Å². The van der Waals surface area contributed by atoms with Crippen molar-refractivity contribution >= 4 is 17.8 Å². The molecule has 1 aliphatic heterocycles. The third kappa shape index (κ3) is 1.67. The SMILES string of the molecule is Cc1ccccc1CN1C(=O)NC(=O)C1=O. The van der Waals surface area contributed by atoms with E-state index in [0.717, 1.165) is 16.0 Å². The zero-order valence-corrected chi connectivity index (χ0v) is 8.69. The van der Waals surface area contributed by atoms with Gasteiger partial charge in [-0.15, -0.1) is 0 Å². The molecule has 0 atom stereocenters. The zero-order valence-electron chi connectivity index (χ0n) is 8.69. The Bertz CT molecular complexity index is 482. The number of aryl methyl sites for hydroxylation is 1. The summed E-state index contributed by atoms with van der Waals surface area (Å²) in [5.74, 6) is -1.66. The van der Waals surface area contributed by atoms with Crippen molar-refractivity contribution in [2.75, 3.05) is 0 Å². The van der Waals surface area contributed by atoms with Crippen LogP contribution in [0.25, 0.3) is 0 Å². The summed E-state index contributed by atoms with van der Waals surface area (Å²) in [7, 11) is 0. The van der Waals surface area contributed by atoms with Crippen LogP contribution in [0.15, 0.2) is 24.3 Å². The molecule has 1 aromatic carbocycles. The molecule has 0 unspecified atom stereocenters. The molecule has 0 spiro atoms. The van der Waals surface area contributed by atoms with Crippen LogP contribution in [-0.2, 0) is 16.1 Å². The highest BCUT2D eigenvalue weighted by Crippen LogP contribution is 2.12. The number of carbonyl (C=O) groups excluding carboxylic acids is 3. The molecule has 1 fully saturated rings. The summed E-state index contributed by atoms with van der Waals surface area (Å²) in [5, 5.41) is 1.95. The molecule has 82 valence electrons. The molecule has 16 heavy (non-hydrogen) atoms. The van der Waals surface area contributed by atoms with Crippen molar-refractivity contribution in [3.63, 3.8) is 0 Å². The number of urea groups is 1. The van der Waals surface area contributed by atoms with Gasteiger partial charge in [-0.05, 0) is 18.1 Å². The van der Waals surface area contributed by atoms with E-state index in [4.69, 9.17) is 0 Å². The summed E-state index contributed by atoms with van der Waals surface area (Å²) < 4.78 is 0. The number of benzene rings is 1. The third-order valence-electron chi connectivity index (χ3n) is 2.49. The summed E-state index contributed by atoms with van der Waals surface area (Å²) in [6, 6.07) is 6.74. The normalized spacial score (nSPS) is 15.6. The van der Waals surface area contributed by atoms with E-state index in [1.54, 1.807) is 0 Å². The number of hydrogen-bond acceptors (Lipinski definition) is 3. The molecule has 1 N–H and O–H groups in total. The van der Waals surface area contributed by atoms with Crippen LogP contribution in [0.2, 0.25) is 0 Å². The van der Waals surface area contributed by atoms with Crippen molar-refractivity contribution in [3.8, 4) is 0 Å². The maximum atomic E-state index is 11.3. The number of imide groups is 2. The molecule has 1 aromatic rings. The number of amides is 4. The Labute approximate surface area is 92.0 Å². The second-order valence-electron chi connectivity index (χ2n) is 3.58.